The van der Waals surface area contributed by atoms with Crippen molar-refractivity contribution in [2.45, 2.75) is 25.7 Å². The summed E-state index contributed by atoms with van der Waals surface area (Å²) in [5.74, 6) is 1.98. The van der Waals surface area contributed by atoms with Gasteiger partial charge < -0.3 is 14.9 Å². The highest BCUT2D eigenvalue weighted by atomic mass is 79.9. The smallest absolute Gasteiger partial charge is 0.250 e. The van der Waals surface area contributed by atoms with E-state index in [9.17, 15) is 5.11 Å². The summed E-state index contributed by atoms with van der Waals surface area (Å²) >= 11 is 3.39. The molecule has 1 aromatic heterocycles. The highest BCUT2D eigenvalue weighted by molar-refractivity contribution is 9.10. The number of aromatic hydroxyl groups is 1. The standard InChI is InChI=1S/C18H22BrN7O/c19-14-5-6-15(27)13(11-14)12-20-24-16-21-17(25-7-1-2-8-25)23-18(22-16)26-9-3-4-10-26/h5-6,11-12,27H,1-4,7-10H2,(H,21,22,23,24)/b20-12-. The summed E-state index contributed by atoms with van der Waals surface area (Å²) in [5, 5.41) is 14.1. The Morgan fingerprint density at radius 2 is 1.56 bits per heavy atom. The molecule has 9 heteroatoms. The Morgan fingerprint density at radius 1 is 0.963 bits per heavy atom. The molecular formula is C18H22BrN7O. The monoisotopic (exact) mass is 431 g/mol. The first-order chi connectivity index (χ1) is 13.2. The Labute approximate surface area is 166 Å². The van der Waals surface area contributed by atoms with Crippen LogP contribution in [0.3, 0.4) is 0 Å². The summed E-state index contributed by atoms with van der Waals surface area (Å²) in [6.45, 7) is 3.88. The number of hydrogen-bond acceptors (Lipinski definition) is 8. The van der Waals surface area contributed by atoms with Crippen molar-refractivity contribution in [3.63, 3.8) is 0 Å². The zero-order valence-electron chi connectivity index (χ0n) is 15.0. The van der Waals surface area contributed by atoms with Gasteiger partial charge in [0.1, 0.15) is 5.75 Å². The van der Waals surface area contributed by atoms with Gasteiger partial charge >= 0.3 is 0 Å². The average molecular weight is 432 g/mol. The third kappa shape index (κ3) is 4.29. The van der Waals surface area contributed by atoms with Crippen LogP contribution in [0.2, 0.25) is 0 Å². The first kappa shape index (κ1) is 18.0. The van der Waals surface area contributed by atoms with E-state index in [1.807, 2.05) is 0 Å². The zero-order valence-corrected chi connectivity index (χ0v) is 16.6. The van der Waals surface area contributed by atoms with Crippen molar-refractivity contribution in [2.75, 3.05) is 41.4 Å². The van der Waals surface area contributed by atoms with Gasteiger partial charge in [-0.05, 0) is 43.9 Å². The highest BCUT2D eigenvalue weighted by Gasteiger charge is 2.21. The Morgan fingerprint density at radius 3 is 2.15 bits per heavy atom. The average Bonchev–Trinajstić information content (AvgIpc) is 3.38. The molecule has 3 heterocycles. The van der Waals surface area contributed by atoms with Crippen molar-refractivity contribution in [3.8, 4) is 5.75 Å². The Kier molecular flexibility index (Phi) is 5.38. The van der Waals surface area contributed by atoms with Crippen LogP contribution in [0.25, 0.3) is 0 Å². The van der Waals surface area contributed by atoms with Gasteiger partial charge in [-0.25, -0.2) is 5.43 Å². The number of rotatable bonds is 5. The zero-order chi connectivity index (χ0) is 18.6. The van der Waals surface area contributed by atoms with Crippen molar-refractivity contribution >= 4 is 40.0 Å². The summed E-state index contributed by atoms with van der Waals surface area (Å²) in [4.78, 5) is 18.1. The molecule has 8 nitrogen and oxygen atoms in total. The Hall–Kier alpha value is -2.42. The quantitative estimate of drug-likeness (QED) is 0.555. The van der Waals surface area contributed by atoms with Crippen LogP contribution in [0.4, 0.5) is 17.8 Å². The lowest BCUT2D eigenvalue weighted by Gasteiger charge is -2.20. The normalized spacial score (nSPS) is 17.2. The van der Waals surface area contributed by atoms with Crippen molar-refractivity contribution in [1.29, 1.82) is 0 Å². The predicted octanol–water partition coefficient (Wildman–Crippen LogP) is 2.99. The molecular weight excluding hydrogens is 410 g/mol. The molecule has 142 valence electrons. The van der Waals surface area contributed by atoms with Gasteiger partial charge in [-0.2, -0.15) is 20.1 Å². The summed E-state index contributed by atoms with van der Waals surface area (Å²) in [6.07, 6.45) is 6.19. The highest BCUT2D eigenvalue weighted by Crippen LogP contribution is 2.23. The van der Waals surface area contributed by atoms with Crippen molar-refractivity contribution in [3.05, 3.63) is 28.2 Å². The maximum absolute atomic E-state index is 9.91. The molecule has 1 aromatic carbocycles. The third-order valence-corrected chi connectivity index (χ3v) is 5.24. The molecule has 2 saturated heterocycles. The second-order valence-electron chi connectivity index (χ2n) is 6.72. The molecule has 0 saturated carbocycles. The number of hydrogen-bond donors (Lipinski definition) is 2. The first-order valence-electron chi connectivity index (χ1n) is 9.22. The van der Waals surface area contributed by atoms with E-state index in [1.165, 1.54) is 0 Å². The number of nitrogens with one attached hydrogen (secondary N) is 1. The van der Waals surface area contributed by atoms with Crippen LogP contribution in [0.5, 0.6) is 5.75 Å². The molecule has 2 N–H and O–H groups in total. The minimum Gasteiger partial charge on any atom is -0.507 e. The van der Waals surface area contributed by atoms with Gasteiger partial charge in [-0.3, -0.25) is 0 Å². The van der Waals surface area contributed by atoms with E-state index >= 15 is 0 Å². The van der Waals surface area contributed by atoms with Crippen molar-refractivity contribution in [2.24, 2.45) is 5.10 Å². The number of halogens is 1. The van der Waals surface area contributed by atoms with Crippen molar-refractivity contribution < 1.29 is 5.11 Å². The Bertz CT molecular complexity index is 798. The minimum atomic E-state index is 0.162. The molecule has 0 aliphatic carbocycles. The SMILES string of the molecule is Oc1ccc(Br)cc1/C=N\Nc1nc(N2CCCC2)nc(N2CCCC2)n1. The third-order valence-electron chi connectivity index (χ3n) is 4.75. The molecule has 4 rings (SSSR count). The van der Waals surface area contributed by atoms with Crippen molar-refractivity contribution in [1.82, 2.24) is 15.0 Å². The van der Waals surface area contributed by atoms with E-state index in [-0.39, 0.29) is 5.75 Å². The van der Waals surface area contributed by atoms with Gasteiger partial charge in [-0.15, -0.1) is 0 Å². The summed E-state index contributed by atoms with van der Waals surface area (Å²) in [6, 6.07) is 5.18. The minimum absolute atomic E-state index is 0.162. The predicted molar refractivity (Wildman–Crippen MR) is 110 cm³/mol. The van der Waals surface area contributed by atoms with Gasteiger partial charge in [0.05, 0.1) is 6.21 Å². The van der Waals surface area contributed by atoms with Crippen LogP contribution in [-0.4, -0.2) is 52.5 Å². The van der Waals surface area contributed by atoms with Crippen LogP contribution in [-0.2, 0) is 0 Å². The molecule has 0 radical (unpaired) electrons. The number of hydrazone groups is 1. The second kappa shape index (κ2) is 8.08. The topological polar surface area (TPSA) is 89.8 Å². The number of phenols is 1. The van der Waals surface area contributed by atoms with Crippen LogP contribution >= 0.6 is 15.9 Å². The lowest BCUT2D eigenvalue weighted by Crippen LogP contribution is -2.25. The fourth-order valence-corrected chi connectivity index (χ4v) is 3.69. The summed E-state index contributed by atoms with van der Waals surface area (Å²) < 4.78 is 0.870. The fraction of sp³-hybridized carbons (Fsp3) is 0.444. The number of phenolic OH excluding ortho intramolecular Hbond substituents is 1. The number of nitrogens with zero attached hydrogens (tertiary/aromatic N) is 6. The molecule has 27 heavy (non-hydrogen) atoms. The van der Waals surface area contributed by atoms with Crippen LogP contribution < -0.4 is 15.2 Å². The van der Waals surface area contributed by atoms with Gasteiger partial charge in [0.15, 0.2) is 0 Å². The first-order valence-corrected chi connectivity index (χ1v) is 10.0. The molecule has 2 fully saturated rings. The molecule has 2 aromatic rings. The molecule has 0 atom stereocenters. The molecule has 0 amide bonds. The molecule has 0 spiro atoms. The van der Waals surface area contributed by atoms with Crippen LogP contribution in [0.15, 0.2) is 27.8 Å². The van der Waals surface area contributed by atoms with E-state index in [2.05, 4.69) is 51.2 Å². The number of aromatic nitrogens is 3. The van der Waals surface area contributed by atoms with E-state index in [0.29, 0.717) is 23.4 Å². The van der Waals surface area contributed by atoms with E-state index in [0.717, 1.165) is 56.3 Å². The van der Waals surface area contributed by atoms with Gasteiger partial charge in [0, 0.05) is 36.2 Å². The van der Waals surface area contributed by atoms with Gasteiger partial charge in [0.2, 0.25) is 17.8 Å². The van der Waals surface area contributed by atoms with Crippen LogP contribution in [0.1, 0.15) is 31.2 Å². The lowest BCUT2D eigenvalue weighted by molar-refractivity contribution is 0.474. The van der Waals surface area contributed by atoms with E-state index in [4.69, 9.17) is 0 Å². The number of anilines is 3. The summed E-state index contributed by atoms with van der Waals surface area (Å²) in [7, 11) is 0. The number of benzene rings is 1. The van der Waals surface area contributed by atoms with Gasteiger partial charge in [0.25, 0.3) is 0 Å². The molecule has 0 bridgehead atoms. The second-order valence-corrected chi connectivity index (χ2v) is 7.64. The lowest BCUT2D eigenvalue weighted by atomic mass is 10.2. The Balaban J connectivity index is 1.56. The molecule has 2 aliphatic rings. The maximum Gasteiger partial charge on any atom is 0.250 e. The molecule has 2 aliphatic heterocycles. The van der Waals surface area contributed by atoms with Gasteiger partial charge in [-0.1, -0.05) is 15.9 Å². The summed E-state index contributed by atoms with van der Waals surface area (Å²) in [5.41, 5.74) is 3.50. The largest absolute Gasteiger partial charge is 0.507 e. The van der Waals surface area contributed by atoms with E-state index in [1.54, 1.807) is 24.4 Å². The van der Waals surface area contributed by atoms with Crippen LogP contribution in [0, 0.1) is 0 Å². The van der Waals surface area contributed by atoms with E-state index < -0.39 is 0 Å². The molecule has 0 unspecified atom stereocenters. The fourth-order valence-electron chi connectivity index (χ4n) is 3.31. The maximum atomic E-state index is 9.91.